The molecule has 0 atom stereocenters. The third-order valence-corrected chi connectivity index (χ3v) is 8.54. The van der Waals surface area contributed by atoms with Gasteiger partial charge in [-0.05, 0) is 60.7 Å². The van der Waals surface area contributed by atoms with Crippen LogP contribution in [0.15, 0.2) is 158 Å². The Kier molecular flexibility index (Phi) is 5.47. The van der Waals surface area contributed by atoms with Crippen LogP contribution in [0.1, 0.15) is 0 Å². The zero-order valence-corrected chi connectivity index (χ0v) is 23.8. The summed E-state index contributed by atoms with van der Waals surface area (Å²) in [5.41, 5.74) is 9.71. The van der Waals surface area contributed by atoms with E-state index in [-0.39, 0.29) is 0 Å². The van der Waals surface area contributed by atoms with E-state index in [0.29, 0.717) is 0 Å². The molecule has 0 spiro atoms. The third-order valence-electron chi connectivity index (χ3n) is 8.54. The maximum absolute atomic E-state index is 5.19. The molecule has 0 amide bonds. The molecular formula is C40H26N4. The number of fused-ring (bicyclic) bond motifs is 6. The number of para-hydroxylation sites is 3. The molecule has 0 radical (unpaired) electrons. The highest BCUT2D eigenvalue weighted by Crippen LogP contribution is 2.40. The summed E-state index contributed by atoms with van der Waals surface area (Å²) in [5, 5.41) is 4.63. The first kappa shape index (κ1) is 24.6. The van der Waals surface area contributed by atoms with Crippen LogP contribution in [0.2, 0.25) is 0 Å². The van der Waals surface area contributed by atoms with Crippen molar-refractivity contribution in [2.45, 2.75) is 0 Å². The summed E-state index contributed by atoms with van der Waals surface area (Å²) >= 11 is 0. The van der Waals surface area contributed by atoms with Gasteiger partial charge >= 0.3 is 0 Å². The fourth-order valence-corrected chi connectivity index (χ4v) is 6.55. The van der Waals surface area contributed by atoms with Crippen LogP contribution >= 0.6 is 0 Å². The van der Waals surface area contributed by atoms with Crippen LogP contribution in [0.5, 0.6) is 0 Å². The molecule has 0 saturated carbocycles. The van der Waals surface area contributed by atoms with Crippen molar-refractivity contribution < 1.29 is 0 Å². The molecule has 3 aromatic heterocycles. The molecule has 0 saturated heterocycles. The first-order valence-electron chi connectivity index (χ1n) is 14.9. The smallest absolute Gasteiger partial charge is 0.160 e. The Labute approximate surface area is 254 Å². The van der Waals surface area contributed by atoms with Crippen LogP contribution in [0.3, 0.4) is 0 Å². The molecule has 44 heavy (non-hydrogen) atoms. The Morgan fingerprint density at radius 1 is 0.477 bits per heavy atom. The first-order chi connectivity index (χ1) is 21.8. The Morgan fingerprint density at radius 2 is 1.16 bits per heavy atom. The van der Waals surface area contributed by atoms with Gasteiger partial charge in [0.05, 0.1) is 27.8 Å². The van der Waals surface area contributed by atoms with Gasteiger partial charge in [-0.3, -0.25) is 0 Å². The van der Waals surface area contributed by atoms with Gasteiger partial charge in [0.25, 0.3) is 0 Å². The molecule has 0 aliphatic carbocycles. The van der Waals surface area contributed by atoms with E-state index in [1.54, 1.807) is 0 Å². The van der Waals surface area contributed by atoms with Crippen molar-refractivity contribution in [1.82, 2.24) is 19.1 Å². The van der Waals surface area contributed by atoms with E-state index in [1.165, 1.54) is 21.7 Å². The maximum atomic E-state index is 5.19. The van der Waals surface area contributed by atoms with Crippen LogP contribution < -0.4 is 0 Å². The second-order valence-corrected chi connectivity index (χ2v) is 11.1. The lowest BCUT2D eigenvalue weighted by Gasteiger charge is -2.10. The number of hydrogen-bond donors (Lipinski definition) is 0. The molecule has 0 aliphatic heterocycles. The minimum atomic E-state index is 0.718. The summed E-state index contributed by atoms with van der Waals surface area (Å²) in [6, 6.07) is 53.2. The zero-order chi connectivity index (χ0) is 29.0. The Morgan fingerprint density at radius 3 is 1.95 bits per heavy atom. The van der Waals surface area contributed by atoms with Crippen molar-refractivity contribution in [2.75, 3.05) is 0 Å². The van der Waals surface area contributed by atoms with Gasteiger partial charge in [0, 0.05) is 50.2 Å². The Bertz CT molecular complexity index is 2470. The van der Waals surface area contributed by atoms with Gasteiger partial charge < -0.3 is 9.13 Å². The second kappa shape index (κ2) is 9.79. The molecule has 0 aliphatic rings. The SMILES string of the molecule is c1ccc(-c2nc(-c3ccc4c(c3)c3c5c(ccc3n4-c3ccccc3)ccn5-c3ccccc3)nc3ccccc23)cc1. The lowest BCUT2D eigenvalue weighted by Crippen LogP contribution is -1.95. The first-order valence-corrected chi connectivity index (χ1v) is 14.9. The molecule has 4 heteroatoms. The Hall–Kier alpha value is -6.00. The van der Waals surface area contributed by atoms with Crippen LogP contribution in [0.25, 0.3) is 77.6 Å². The van der Waals surface area contributed by atoms with E-state index >= 15 is 0 Å². The predicted molar refractivity (Wildman–Crippen MR) is 182 cm³/mol. The lowest BCUT2D eigenvalue weighted by molar-refractivity contribution is 1.13. The molecule has 6 aromatic carbocycles. The fourth-order valence-electron chi connectivity index (χ4n) is 6.55. The van der Waals surface area contributed by atoms with Gasteiger partial charge in [-0.1, -0.05) is 91.0 Å². The largest absolute Gasteiger partial charge is 0.316 e. The summed E-state index contributed by atoms with van der Waals surface area (Å²) in [4.78, 5) is 10.3. The second-order valence-electron chi connectivity index (χ2n) is 11.1. The summed E-state index contributed by atoms with van der Waals surface area (Å²) in [6.45, 7) is 0. The van der Waals surface area contributed by atoms with E-state index in [0.717, 1.165) is 56.0 Å². The van der Waals surface area contributed by atoms with Gasteiger partial charge in [0.2, 0.25) is 0 Å². The predicted octanol–water partition coefficient (Wildman–Crippen LogP) is 10.0. The molecule has 0 unspecified atom stereocenters. The monoisotopic (exact) mass is 562 g/mol. The summed E-state index contributed by atoms with van der Waals surface area (Å²) in [6.07, 6.45) is 2.17. The summed E-state index contributed by atoms with van der Waals surface area (Å²) < 4.78 is 4.67. The molecule has 206 valence electrons. The molecule has 9 rings (SSSR count). The van der Waals surface area contributed by atoms with Crippen molar-refractivity contribution in [3.63, 3.8) is 0 Å². The molecule has 4 nitrogen and oxygen atoms in total. The normalized spacial score (nSPS) is 11.6. The number of hydrogen-bond acceptors (Lipinski definition) is 2. The number of benzene rings is 6. The van der Waals surface area contributed by atoms with E-state index in [4.69, 9.17) is 9.97 Å². The molecule has 0 fully saturated rings. The van der Waals surface area contributed by atoms with Gasteiger partial charge in [-0.2, -0.15) is 0 Å². The van der Waals surface area contributed by atoms with Crippen molar-refractivity contribution >= 4 is 43.6 Å². The molecular weight excluding hydrogens is 536 g/mol. The van der Waals surface area contributed by atoms with Gasteiger partial charge in [0.1, 0.15) is 0 Å². The molecule has 0 N–H and O–H groups in total. The summed E-state index contributed by atoms with van der Waals surface area (Å²) in [7, 11) is 0. The number of aromatic nitrogens is 4. The third kappa shape index (κ3) is 3.78. The molecule has 0 bridgehead atoms. The van der Waals surface area contributed by atoms with Crippen LogP contribution in [0.4, 0.5) is 0 Å². The van der Waals surface area contributed by atoms with E-state index in [2.05, 4.69) is 155 Å². The van der Waals surface area contributed by atoms with Crippen molar-refractivity contribution in [3.8, 4) is 34.0 Å². The van der Waals surface area contributed by atoms with Crippen LogP contribution in [0, 0.1) is 0 Å². The standard InChI is InChI=1S/C40H26N4/c1-4-12-27(13-5-1)38-32-18-10-11-19-34(32)41-40(42-38)29-21-22-35-33(26-29)37-36(44(35)31-16-8-3-9-17-31)23-20-28-24-25-43(39(28)37)30-14-6-2-7-15-30/h1-26H. The van der Waals surface area contributed by atoms with Crippen molar-refractivity contribution in [2.24, 2.45) is 0 Å². The van der Waals surface area contributed by atoms with Crippen molar-refractivity contribution in [1.29, 1.82) is 0 Å². The number of rotatable bonds is 4. The van der Waals surface area contributed by atoms with E-state index in [9.17, 15) is 0 Å². The Balaban J connectivity index is 1.37. The van der Waals surface area contributed by atoms with Gasteiger partial charge in [0.15, 0.2) is 5.82 Å². The molecule has 3 heterocycles. The van der Waals surface area contributed by atoms with E-state index < -0.39 is 0 Å². The summed E-state index contributed by atoms with van der Waals surface area (Å²) in [5.74, 6) is 0.718. The van der Waals surface area contributed by atoms with Gasteiger partial charge in [-0.15, -0.1) is 0 Å². The maximum Gasteiger partial charge on any atom is 0.160 e. The highest BCUT2D eigenvalue weighted by Gasteiger charge is 2.19. The average molecular weight is 563 g/mol. The number of nitrogens with zero attached hydrogens (tertiary/aromatic N) is 4. The van der Waals surface area contributed by atoms with Crippen LogP contribution in [-0.2, 0) is 0 Å². The minimum absolute atomic E-state index is 0.718. The highest BCUT2D eigenvalue weighted by molar-refractivity contribution is 6.21. The highest BCUT2D eigenvalue weighted by atomic mass is 15.0. The zero-order valence-electron chi connectivity index (χ0n) is 23.8. The lowest BCUT2D eigenvalue weighted by atomic mass is 10.0. The van der Waals surface area contributed by atoms with Crippen molar-refractivity contribution in [3.05, 3.63) is 158 Å². The topological polar surface area (TPSA) is 35.6 Å². The quantitative estimate of drug-likeness (QED) is 0.214. The fraction of sp³-hybridized carbons (Fsp3) is 0. The van der Waals surface area contributed by atoms with Crippen LogP contribution in [-0.4, -0.2) is 19.1 Å². The minimum Gasteiger partial charge on any atom is -0.316 e. The van der Waals surface area contributed by atoms with Gasteiger partial charge in [-0.25, -0.2) is 9.97 Å². The molecule has 9 aromatic rings. The average Bonchev–Trinajstić information content (AvgIpc) is 3.68. The van der Waals surface area contributed by atoms with E-state index in [1.807, 2.05) is 12.1 Å².